The van der Waals surface area contributed by atoms with Gasteiger partial charge < -0.3 is 5.11 Å². The van der Waals surface area contributed by atoms with Crippen molar-refractivity contribution >= 4 is 17.8 Å². The van der Waals surface area contributed by atoms with Gasteiger partial charge in [-0.3, -0.25) is 24.2 Å². The summed E-state index contributed by atoms with van der Waals surface area (Å²) in [6.07, 6.45) is 0.0881. The van der Waals surface area contributed by atoms with Crippen molar-refractivity contribution in [1.29, 1.82) is 0 Å². The molecule has 114 valence electrons. The van der Waals surface area contributed by atoms with Gasteiger partial charge in [0, 0.05) is 18.1 Å². The highest BCUT2D eigenvalue weighted by Crippen LogP contribution is 2.27. The van der Waals surface area contributed by atoms with Crippen LogP contribution in [0.25, 0.3) is 0 Å². The quantitative estimate of drug-likeness (QED) is 0.765. The summed E-state index contributed by atoms with van der Waals surface area (Å²) in [7, 11) is 0. The molecule has 1 atom stereocenters. The molecule has 0 saturated carbocycles. The first-order valence-corrected chi connectivity index (χ1v) is 6.90. The summed E-state index contributed by atoms with van der Waals surface area (Å²) >= 11 is 0. The zero-order chi connectivity index (χ0) is 15.7. The first kappa shape index (κ1) is 16.6. The van der Waals surface area contributed by atoms with Gasteiger partial charge in [0.1, 0.15) is 0 Å². The smallest absolute Gasteiger partial charge is 0.304 e. The highest BCUT2D eigenvalue weighted by molar-refractivity contribution is 6.05. The second kappa shape index (κ2) is 5.91. The van der Waals surface area contributed by atoms with E-state index in [4.69, 9.17) is 5.11 Å². The number of hydrogen-bond donors (Lipinski definition) is 1. The molecular weight excluding hydrogens is 260 g/mol. The van der Waals surface area contributed by atoms with Crippen molar-refractivity contribution in [2.24, 2.45) is 0 Å². The van der Waals surface area contributed by atoms with Gasteiger partial charge in [-0.15, -0.1) is 0 Å². The van der Waals surface area contributed by atoms with Crippen LogP contribution in [0.3, 0.4) is 0 Å². The van der Waals surface area contributed by atoms with E-state index >= 15 is 0 Å². The minimum atomic E-state index is -0.906. The molecule has 1 heterocycles. The lowest BCUT2D eigenvalue weighted by atomic mass is 10.0. The number of hydrogen-bond acceptors (Lipinski definition) is 4. The zero-order valence-electron chi connectivity index (χ0n) is 12.8. The number of aliphatic carboxylic acids is 1. The van der Waals surface area contributed by atoms with Gasteiger partial charge >= 0.3 is 5.97 Å². The lowest BCUT2D eigenvalue weighted by Crippen LogP contribution is -2.52. The number of likely N-dealkylation sites (tertiary alicyclic amines) is 1. The maximum Gasteiger partial charge on any atom is 0.304 e. The Labute approximate surface area is 119 Å². The molecule has 1 saturated heterocycles. The van der Waals surface area contributed by atoms with Gasteiger partial charge in [0.15, 0.2) is 0 Å². The van der Waals surface area contributed by atoms with E-state index in [0.29, 0.717) is 0 Å². The van der Waals surface area contributed by atoms with E-state index in [1.54, 1.807) is 13.8 Å². The third-order valence-corrected chi connectivity index (χ3v) is 3.48. The molecule has 1 aliphatic rings. The average molecular weight is 284 g/mol. The third kappa shape index (κ3) is 3.56. The standard InChI is InChI=1S/C14H24N2O4/c1-9(2)16-11(17)8-10(13(16)20)15(14(3,4)5)7-6-12(18)19/h9-10H,6-8H2,1-5H3,(H,18,19). The Bertz CT molecular complexity index is 412. The van der Waals surface area contributed by atoms with Crippen molar-refractivity contribution in [3.05, 3.63) is 0 Å². The van der Waals surface area contributed by atoms with Crippen LogP contribution in [0, 0.1) is 0 Å². The molecule has 20 heavy (non-hydrogen) atoms. The molecule has 1 N–H and O–H groups in total. The number of nitrogens with zero attached hydrogens (tertiary/aromatic N) is 2. The maximum absolute atomic E-state index is 12.4. The van der Waals surface area contributed by atoms with Crippen molar-refractivity contribution in [1.82, 2.24) is 9.80 Å². The van der Waals surface area contributed by atoms with E-state index in [1.807, 2.05) is 25.7 Å². The normalized spacial score (nSPS) is 20.4. The number of carboxylic acids is 1. The average Bonchev–Trinajstić information content (AvgIpc) is 2.52. The number of carboxylic acid groups (broad SMARTS) is 1. The summed E-state index contributed by atoms with van der Waals surface area (Å²) < 4.78 is 0. The molecule has 2 amide bonds. The molecule has 6 heteroatoms. The monoisotopic (exact) mass is 284 g/mol. The highest BCUT2D eigenvalue weighted by Gasteiger charge is 2.45. The van der Waals surface area contributed by atoms with Gasteiger partial charge in [-0.25, -0.2) is 0 Å². The van der Waals surface area contributed by atoms with Crippen molar-refractivity contribution in [2.45, 2.75) is 65.1 Å². The lowest BCUT2D eigenvalue weighted by Gasteiger charge is -2.38. The van der Waals surface area contributed by atoms with Crippen LogP contribution < -0.4 is 0 Å². The fourth-order valence-electron chi connectivity index (χ4n) is 2.60. The molecule has 0 aromatic rings. The molecule has 1 fully saturated rings. The Morgan fingerprint density at radius 1 is 1.40 bits per heavy atom. The Morgan fingerprint density at radius 3 is 2.30 bits per heavy atom. The van der Waals surface area contributed by atoms with Crippen molar-refractivity contribution in [3.8, 4) is 0 Å². The molecule has 0 bridgehead atoms. The zero-order valence-corrected chi connectivity index (χ0v) is 12.8. The number of rotatable bonds is 5. The molecule has 0 radical (unpaired) electrons. The minimum Gasteiger partial charge on any atom is -0.481 e. The first-order chi connectivity index (χ1) is 9.05. The van der Waals surface area contributed by atoms with Gasteiger partial charge in [0.2, 0.25) is 11.8 Å². The first-order valence-electron chi connectivity index (χ1n) is 6.90. The van der Waals surface area contributed by atoms with Crippen molar-refractivity contribution in [3.63, 3.8) is 0 Å². The van der Waals surface area contributed by atoms with Crippen LogP contribution in [0.4, 0.5) is 0 Å². The molecule has 1 unspecified atom stereocenters. The van der Waals surface area contributed by atoms with Crippen LogP contribution >= 0.6 is 0 Å². The lowest BCUT2D eigenvalue weighted by molar-refractivity contribution is -0.144. The Kier molecular flexibility index (Phi) is 4.91. The summed E-state index contributed by atoms with van der Waals surface area (Å²) in [6.45, 7) is 9.63. The van der Waals surface area contributed by atoms with E-state index in [-0.39, 0.29) is 42.8 Å². The second-order valence-electron chi connectivity index (χ2n) is 6.42. The predicted octanol–water partition coefficient (Wildman–Crippen LogP) is 1.10. The van der Waals surface area contributed by atoms with Gasteiger partial charge in [0.25, 0.3) is 0 Å². The van der Waals surface area contributed by atoms with Gasteiger partial charge in [-0.1, -0.05) is 0 Å². The molecule has 6 nitrogen and oxygen atoms in total. The Hall–Kier alpha value is -1.43. The molecule has 0 spiro atoms. The Morgan fingerprint density at radius 2 is 1.95 bits per heavy atom. The summed E-state index contributed by atoms with van der Waals surface area (Å²) in [6, 6.07) is -0.717. The van der Waals surface area contributed by atoms with Gasteiger partial charge in [0.05, 0.1) is 18.9 Å². The van der Waals surface area contributed by atoms with E-state index in [1.165, 1.54) is 4.90 Å². The molecule has 1 rings (SSSR count). The maximum atomic E-state index is 12.4. The number of amides is 2. The number of carbonyl (C=O) groups is 3. The van der Waals surface area contributed by atoms with Gasteiger partial charge in [-0.2, -0.15) is 0 Å². The molecule has 0 aromatic carbocycles. The summed E-state index contributed by atoms with van der Waals surface area (Å²) in [5.41, 5.74) is -0.372. The Balaban J connectivity index is 2.95. The number of carbonyl (C=O) groups excluding carboxylic acids is 2. The SMILES string of the molecule is CC(C)N1C(=O)CC(N(CCC(=O)O)C(C)(C)C)C1=O. The minimum absolute atomic E-state index is 0.0447. The summed E-state index contributed by atoms with van der Waals surface area (Å²) in [5.74, 6) is -1.30. The number of imide groups is 1. The molecule has 0 aliphatic carbocycles. The van der Waals surface area contributed by atoms with Crippen molar-refractivity contribution in [2.75, 3.05) is 6.54 Å². The third-order valence-electron chi connectivity index (χ3n) is 3.48. The molecule has 0 aromatic heterocycles. The van der Waals surface area contributed by atoms with Crippen LogP contribution in [0.1, 0.15) is 47.5 Å². The molecular formula is C14H24N2O4. The van der Waals surface area contributed by atoms with Crippen LogP contribution in [-0.4, -0.2) is 56.9 Å². The highest BCUT2D eigenvalue weighted by atomic mass is 16.4. The fraction of sp³-hybridized carbons (Fsp3) is 0.786. The summed E-state index contributed by atoms with van der Waals surface area (Å²) in [4.78, 5) is 38.3. The van der Waals surface area contributed by atoms with Crippen LogP contribution in [0.15, 0.2) is 0 Å². The predicted molar refractivity (Wildman–Crippen MR) is 74.1 cm³/mol. The fourth-order valence-corrected chi connectivity index (χ4v) is 2.60. The van der Waals surface area contributed by atoms with E-state index < -0.39 is 12.0 Å². The van der Waals surface area contributed by atoms with E-state index in [9.17, 15) is 14.4 Å². The summed E-state index contributed by atoms with van der Waals surface area (Å²) in [5, 5.41) is 8.84. The van der Waals surface area contributed by atoms with Crippen molar-refractivity contribution < 1.29 is 19.5 Å². The van der Waals surface area contributed by atoms with Crippen LogP contribution in [0.5, 0.6) is 0 Å². The molecule has 1 aliphatic heterocycles. The van der Waals surface area contributed by atoms with E-state index in [2.05, 4.69) is 0 Å². The topological polar surface area (TPSA) is 77.9 Å². The van der Waals surface area contributed by atoms with Crippen LogP contribution in [-0.2, 0) is 14.4 Å². The van der Waals surface area contributed by atoms with Crippen LogP contribution in [0.2, 0.25) is 0 Å². The second-order valence-corrected chi connectivity index (χ2v) is 6.42. The largest absolute Gasteiger partial charge is 0.481 e. The van der Waals surface area contributed by atoms with Gasteiger partial charge in [-0.05, 0) is 34.6 Å². The van der Waals surface area contributed by atoms with E-state index in [0.717, 1.165) is 0 Å².